The smallest absolute Gasteiger partial charge is 0.270 e. The van der Waals surface area contributed by atoms with Crippen molar-refractivity contribution in [1.29, 1.82) is 0 Å². The standard InChI is InChI=1S/C22H18ClN3O4/c1-14(15-7-3-2-4-8-15)24-21(27)17-9-5-6-10-20(17)25-22(28)18-13-16(26(29)30)11-12-19(18)23/h2-14H,1H3,(H,24,27)(H,25,28)/t14-/m0/s1. The highest BCUT2D eigenvalue weighted by Gasteiger charge is 2.19. The summed E-state index contributed by atoms with van der Waals surface area (Å²) in [5, 5.41) is 16.6. The molecular formula is C22H18ClN3O4. The SMILES string of the molecule is C[C@H](NC(=O)c1ccccc1NC(=O)c1cc([N+](=O)[O-])ccc1Cl)c1ccccc1. The van der Waals surface area contributed by atoms with Crippen molar-refractivity contribution in [3.63, 3.8) is 0 Å². The van der Waals surface area contributed by atoms with Crippen molar-refractivity contribution < 1.29 is 14.5 Å². The average molecular weight is 424 g/mol. The average Bonchev–Trinajstić information content (AvgIpc) is 2.74. The maximum absolute atomic E-state index is 12.8. The van der Waals surface area contributed by atoms with E-state index in [1.807, 2.05) is 37.3 Å². The molecule has 0 aromatic heterocycles. The first-order valence-corrected chi connectivity index (χ1v) is 9.44. The number of carbonyl (C=O) groups excluding carboxylic acids is 2. The summed E-state index contributed by atoms with van der Waals surface area (Å²) in [6.07, 6.45) is 0. The van der Waals surface area contributed by atoms with Gasteiger partial charge in [-0.3, -0.25) is 19.7 Å². The number of para-hydroxylation sites is 1. The van der Waals surface area contributed by atoms with Crippen LogP contribution in [0.25, 0.3) is 0 Å². The lowest BCUT2D eigenvalue weighted by Gasteiger charge is -2.16. The fourth-order valence-electron chi connectivity index (χ4n) is 2.88. The van der Waals surface area contributed by atoms with Crippen LogP contribution in [0.3, 0.4) is 0 Å². The van der Waals surface area contributed by atoms with Crippen LogP contribution in [0.5, 0.6) is 0 Å². The zero-order valence-electron chi connectivity index (χ0n) is 16.0. The van der Waals surface area contributed by atoms with Gasteiger partial charge >= 0.3 is 0 Å². The number of carbonyl (C=O) groups is 2. The van der Waals surface area contributed by atoms with E-state index in [1.54, 1.807) is 24.3 Å². The number of rotatable bonds is 6. The maximum Gasteiger partial charge on any atom is 0.270 e. The van der Waals surface area contributed by atoms with Crippen LogP contribution < -0.4 is 10.6 Å². The minimum atomic E-state index is -0.653. The number of benzene rings is 3. The lowest BCUT2D eigenvalue weighted by atomic mass is 10.1. The molecule has 7 nitrogen and oxygen atoms in total. The number of hydrogen-bond acceptors (Lipinski definition) is 4. The van der Waals surface area contributed by atoms with Crippen molar-refractivity contribution in [3.8, 4) is 0 Å². The molecular weight excluding hydrogens is 406 g/mol. The zero-order valence-corrected chi connectivity index (χ0v) is 16.7. The molecule has 2 N–H and O–H groups in total. The third kappa shape index (κ3) is 4.82. The van der Waals surface area contributed by atoms with E-state index in [9.17, 15) is 19.7 Å². The van der Waals surface area contributed by atoms with Crippen LogP contribution in [0, 0.1) is 10.1 Å². The van der Waals surface area contributed by atoms with Crippen LogP contribution in [-0.4, -0.2) is 16.7 Å². The van der Waals surface area contributed by atoms with Crippen LogP contribution in [-0.2, 0) is 0 Å². The summed E-state index contributed by atoms with van der Waals surface area (Å²) in [7, 11) is 0. The number of hydrogen-bond donors (Lipinski definition) is 2. The van der Waals surface area contributed by atoms with Crippen LogP contribution >= 0.6 is 11.6 Å². The number of amides is 2. The summed E-state index contributed by atoms with van der Waals surface area (Å²) in [6.45, 7) is 1.86. The molecule has 3 aromatic carbocycles. The van der Waals surface area contributed by atoms with Crippen LogP contribution in [0.1, 0.15) is 39.2 Å². The predicted molar refractivity (Wildman–Crippen MR) is 115 cm³/mol. The number of nitro groups is 1. The van der Waals surface area contributed by atoms with E-state index in [1.165, 1.54) is 12.1 Å². The van der Waals surface area contributed by atoms with E-state index in [-0.39, 0.29) is 39.5 Å². The van der Waals surface area contributed by atoms with Gasteiger partial charge in [-0.1, -0.05) is 54.1 Å². The van der Waals surface area contributed by atoms with E-state index < -0.39 is 10.8 Å². The second-order valence-corrected chi connectivity index (χ2v) is 6.93. The first kappa shape index (κ1) is 21.0. The van der Waals surface area contributed by atoms with Gasteiger partial charge in [0.05, 0.1) is 32.8 Å². The molecule has 8 heteroatoms. The number of anilines is 1. The third-order valence-electron chi connectivity index (χ3n) is 4.47. The Kier molecular flexibility index (Phi) is 6.44. The molecule has 0 saturated heterocycles. The molecule has 1 atom stereocenters. The van der Waals surface area contributed by atoms with Gasteiger partial charge in [-0.25, -0.2) is 0 Å². The van der Waals surface area contributed by atoms with Crippen molar-refractivity contribution >= 4 is 34.8 Å². The number of nitrogens with zero attached hydrogens (tertiary/aromatic N) is 1. The fraction of sp³-hybridized carbons (Fsp3) is 0.0909. The minimum absolute atomic E-state index is 0.0567. The molecule has 0 fully saturated rings. The molecule has 3 aromatic rings. The Labute approximate surface area is 177 Å². The topological polar surface area (TPSA) is 101 Å². The second kappa shape index (κ2) is 9.19. The van der Waals surface area contributed by atoms with Gasteiger partial charge in [0, 0.05) is 12.1 Å². The quantitative estimate of drug-likeness (QED) is 0.430. The molecule has 0 spiro atoms. The van der Waals surface area contributed by atoms with Gasteiger partial charge < -0.3 is 10.6 Å². The molecule has 2 amide bonds. The van der Waals surface area contributed by atoms with E-state index in [0.29, 0.717) is 0 Å². The van der Waals surface area contributed by atoms with Gasteiger partial charge in [0.25, 0.3) is 17.5 Å². The first-order valence-electron chi connectivity index (χ1n) is 9.07. The maximum atomic E-state index is 12.8. The highest BCUT2D eigenvalue weighted by atomic mass is 35.5. The Balaban J connectivity index is 1.82. The van der Waals surface area contributed by atoms with Crippen LogP contribution in [0.2, 0.25) is 5.02 Å². The summed E-state index contributed by atoms with van der Waals surface area (Å²) >= 11 is 6.04. The molecule has 0 saturated carbocycles. The Morgan fingerprint density at radius 1 is 0.933 bits per heavy atom. The number of nitrogens with one attached hydrogen (secondary N) is 2. The van der Waals surface area contributed by atoms with Gasteiger partial charge in [-0.05, 0) is 30.7 Å². The largest absolute Gasteiger partial charge is 0.345 e. The molecule has 0 unspecified atom stereocenters. The highest BCUT2D eigenvalue weighted by Crippen LogP contribution is 2.24. The molecule has 0 aliphatic rings. The second-order valence-electron chi connectivity index (χ2n) is 6.53. The lowest BCUT2D eigenvalue weighted by Crippen LogP contribution is -2.28. The van der Waals surface area contributed by atoms with E-state index in [2.05, 4.69) is 10.6 Å². The lowest BCUT2D eigenvalue weighted by molar-refractivity contribution is -0.384. The molecule has 3 rings (SSSR count). The Hall–Kier alpha value is -3.71. The number of halogens is 1. The number of non-ortho nitro benzene ring substituents is 1. The first-order chi connectivity index (χ1) is 14.4. The number of nitro benzene ring substituents is 1. The summed E-state index contributed by atoms with van der Waals surface area (Å²) in [6, 6.07) is 19.3. The Morgan fingerprint density at radius 3 is 2.30 bits per heavy atom. The predicted octanol–water partition coefficient (Wildman–Crippen LogP) is 4.99. The van der Waals surface area contributed by atoms with E-state index in [4.69, 9.17) is 11.6 Å². The fourth-order valence-corrected chi connectivity index (χ4v) is 3.08. The molecule has 152 valence electrons. The monoisotopic (exact) mass is 423 g/mol. The van der Waals surface area contributed by atoms with E-state index >= 15 is 0 Å². The van der Waals surface area contributed by atoms with Crippen molar-refractivity contribution in [2.45, 2.75) is 13.0 Å². The molecule has 0 aliphatic heterocycles. The summed E-state index contributed by atoms with van der Waals surface area (Å²) in [5.74, 6) is -1.02. The van der Waals surface area contributed by atoms with Crippen molar-refractivity contribution in [3.05, 3.63) is 105 Å². The van der Waals surface area contributed by atoms with Gasteiger partial charge in [0.2, 0.25) is 0 Å². The Bertz CT molecular complexity index is 1100. The van der Waals surface area contributed by atoms with Gasteiger partial charge in [0.15, 0.2) is 0 Å². The molecule has 30 heavy (non-hydrogen) atoms. The molecule has 0 heterocycles. The summed E-state index contributed by atoms with van der Waals surface area (Å²) in [4.78, 5) is 35.9. The van der Waals surface area contributed by atoms with Gasteiger partial charge in [-0.15, -0.1) is 0 Å². The Morgan fingerprint density at radius 2 is 1.60 bits per heavy atom. The normalized spacial score (nSPS) is 11.4. The van der Waals surface area contributed by atoms with Crippen molar-refractivity contribution in [2.24, 2.45) is 0 Å². The molecule has 0 radical (unpaired) electrons. The highest BCUT2D eigenvalue weighted by molar-refractivity contribution is 6.34. The van der Waals surface area contributed by atoms with Crippen LogP contribution in [0.15, 0.2) is 72.8 Å². The molecule has 0 aliphatic carbocycles. The van der Waals surface area contributed by atoms with Gasteiger partial charge in [0.1, 0.15) is 0 Å². The summed E-state index contributed by atoms with van der Waals surface area (Å²) in [5.41, 5.74) is 1.15. The third-order valence-corrected chi connectivity index (χ3v) is 4.80. The van der Waals surface area contributed by atoms with Gasteiger partial charge in [-0.2, -0.15) is 0 Å². The van der Waals surface area contributed by atoms with Crippen molar-refractivity contribution in [2.75, 3.05) is 5.32 Å². The molecule has 0 bridgehead atoms. The zero-order chi connectivity index (χ0) is 21.7. The van der Waals surface area contributed by atoms with Crippen LogP contribution in [0.4, 0.5) is 11.4 Å². The summed E-state index contributed by atoms with van der Waals surface area (Å²) < 4.78 is 0. The minimum Gasteiger partial charge on any atom is -0.345 e. The van der Waals surface area contributed by atoms with E-state index in [0.717, 1.165) is 11.6 Å². The van der Waals surface area contributed by atoms with Crippen molar-refractivity contribution in [1.82, 2.24) is 5.32 Å².